The molecule has 1 saturated heterocycles. The van der Waals surface area contributed by atoms with Crippen molar-refractivity contribution in [3.8, 4) is 11.5 Å². The van der Waals surface area contributed by atoms with Gasteiger partial charge in [0.1, 0.15) is 0 Å². The minimum atomic E-state index is 0.0368. The van der Waals surface area contributed by atoms with Gasteiger partial charge < -0.3 is 14.4 Å². The summed E-state index contributed by atoms with van der Waals surface area (Å²) >= 11 is 0. The molecule has 0 saturated carbocycles. The predicted octanol–water partition coefficient (Wildman–Crippen LogP) is 3.63. The van der Waals surface area contributed by atoms with E-state index in [2.05, 4.69) is 16.8 Å². The molecular formula is C24H31N3O3. The Morgan fingerprint density at radius 2 is 1.97 bits per heavy atom. The first-order chi connectivity index (χ1) is 14.7. The fourth-order valence-corrected chi connectivity index (χ4v) is 3.35. The molecule has 30 heavy (non-hydrogen) atoms. The van der Waals surface area contributed by atoms with Crippen molar-refractivity contribution >= 4 is 12.0 Å². The highest BCUT2D eigenvalue weighted by Crippen LogP contribution is 2.28. The Kier molecular flexibility index (Phi) is 8.27. The lowest BCUT2D eigenvalue weighted by Crippen LogP contribution is -2.47. The molecule has 0 aliphatic carbocycles. The van der Waals surface area contributed by atoms with Crippen molar-refractivity contribution in [3.05, 3.63) is 59.9 Å². The van der Waals surface area contributed by atoms with Gasteiger partial charge >= 0.3 is 0 Å². The maximum Gasteiger partial charge on any atom is 0.246 e. The molecule has 1 aliphatic heterocycles. The van der Waals surface area contributed by atoms with Gasteiger partial charge in [0.2, 0.25) is 5.91 Å². The van der Waals surface area contributed by atoms with Gasteiger partial charge in [0, 0.05) is 45.0 Å². The van der Waals surface area contributed by atoms with Crippen LogP contribution in [0.3, 0.4) is 0 Å². The third-order valence-corrected chi connectivity index (χ3v) is 5.16. The third kappa shape index (κ3) is 6.32. The second-order valence-corrected chi connectivity index (χ2v) is 7.37. The van der Waals surface area contributed by atoms with Crippen molar-refractivity contribution in [3.63, 3.8) is 0 Å². The average Bonchev–Trinajstić information content (AvgIpc) is 2.79. The summed E-state index contributed by atoms with van der Waals surface area (Å²) in [5.74, 6) is 1.46. The number of benzene rings is 1. The van der Waals surface area contributed by atoms with Crippen LogP contribution in [0.4, 0.5) is 0 Å². The van der Waals surface area contributed by atoms with Crippen LogP contribution in [0.25, 0.3) is 6.08 Å². The molecule has 1 fully saturated rings. The number of carbonyl (C=O) groups is 1. The number of ether oxygens (including phenoxy) is 2. The summed E-state index contributed by atoms with van der Waals surface area (Å²) < 4.78 is 11.2. The number of methoxy groups -OCH3 is 1. The van der Waals surface area contributed by atoms with Crippen LogP contribution in [0.1, 0.15) is 31.0 Å². The van der Waals surface area contributed by atoms with Gasteiger partial charge in [-0.15, -0.1) is 0 Å². The third-order valence-electron chi connectivity index (χ3n) is 5.16. The number of rotatable bonds is 9. The second kappa shape index (κ2) is 11.4. The molecular weight excluding hydrogens is 378 g/mol. The van der Waals surface area contributed by atoms with Crippen molar-refractivity contribution in [1.82, 2.24) is 14.8 Å². The number of piperazine rings is 1. The predicted molar refractivity (Wildman–Crippen MR) is 119 cm³/mol. The van der Waals surface area contributed by atoms with E-state index in [1.54, 1.807) is 13.2 Å². The molecule has 1 aromatic heterocycles. The molecule has 0 spiro atoms. The molecule has 1 amide bonds. The lowest BCUT2D eigenvalue weighted by molar-refractivity contribution is -0.127. The van der Waals surface area contributed by atoms with Crippen LogP contribution >= 0.6 is 0 Å². The first kappa shape index (κ1) is 21.8. The number of aromatic nitrogens is 1. The quantitative estimate of drug-likeness (QED) is 0.468. The SMILES string of the molecule is CCCCOc1ccc(/C=C/C(=O)N2CCN(Cc3ccccn3)CC2)cc1OC. The van der Waals surface area contributed by atoms with Crippen molar-refractivity contribution < 1.29 is 14.3 Å². The van der Waals surface area contributed by atoms with Gasteiger partial charge in [0.15, 0.2) is 11.5 Å². The van der Waals surface area contributed by atoms with Crippen LogP contribution in [0.2, 0.25) is 0 Å². The topological polar surface area (TPSA) is 54.9 Å². The second-order valence-electron chi connectivity index (χ2n) is 7.37. The molecule has 2 aromatic rings. The number of amides is 1. The summed E-state index contributed by atoms with van der Waals surface area (Å²) in [6.07, 6.45) is 7.39. The summed E-state index contributed by atoms with van der Waals surface area (Å²) in [6, 6.07) is 11.7. The molecule has 0 radical (unpaired) electrons. The molecule has 6 heteroatoms. The first-order valence-corrected chi connectivity index (χ1v) is 10.6. The van der Waals surface area contributed by atoms with Crippen molar-refractivity contribution in [2.45, 2.75) is 26.3 Å². The average molecular weight is 410 g/mol. The fourth-order valence-electron chi connectivity index (χ4n) is 3.35. The van der Waals surface area contributed by atoms with Crippen molar-refractivity contribution in [2.24, 2.45) is 0 Å². The maximum absolute atomic E-state index is 12.6. The molecule has 160 valence electrons. The molecule has 1 aliphatic rings. The highest BCUT2D eigenvalue weighted by atomic mass is 16.5. The van der Waals surface area contributed by atoms with Gasteiger partial charge in [-0.25, -0.2) is 0 Å². The van der Waals surface area contributed by atoms with Crippen LogP contribution in [-0.4, -0.2) is 60.6 Å². The smallest absolute Gasteiger partial charge is 0.246 e. The highest BCUT2D eigenvalue weighted by molar-refractivity contribution is 5.92. The van der Waals surface area contributed by atoms with Gasteiger partial charge in [-0.2, -0.15) is 0 Å². The molecule has 3 rings (SSSR count). The fraction of sp³-hybridized carbons (Fsp3) is 0.417. The number of unbranched alkanes of at least 4 members (excludes halogenated alkanes) is 1. The molecule has 6 nitrogen and oxygen atoms in total. The van der Waals surface area contributed by atoms with Crippen LogP contribution in [0, 0.1) is 0 Å². The molecule has 0 atom stereocenters. The Hall–Kier alpha value is -2.86. The van der Waals surface area contributed by atoms with Gasteiger partial charge in [-0.3, -0.25) is 14.7 Å². The van der Waals surface area contributed by atoms with E-state index in [-0.39, 0.29) is 5.91 Å². The zero-order valence-corrected chi connectivity index (χ0v) is 17.9. The lowest BCUT2D eigenvalue weighted by Gasteiger charge is -2.34. The Labute approximate surface area is 179 Å². The van der Waals surface area contributed by atoms with E-state index in [1.807, 2.05) is 53.6 Å². The molecule has 0 unspecified atom stereocenters. The summed E-state index contributed by atoms with van der Waals surface area (Å²) in [7, 11) is 1.63. The van der Waals surface area contributed by atoms with Gasteiger partial charge in [0.25, 0.3) is 0 Å². The molecule has 0 N–H and O–H groups in total. The van der Waals surface area contributed by atoms with Gasteiger partial charge in [0.05, 0.1) is 19.4 Å². The molecule has 1 aromatic carbocycles. The minimum Gasteiger partial charge on any atom is -0.493 e. The largest absolute Gasteiger partial charge is 0.493 e. The van der Waals surface area contributed by atoms with E-state index in [4.69, 9.17) is 9.47 Å². The van der Waals surface area contributed by atoms with Gasteiger partial charge in [-0.1, -0.05) is 25.5 Å². The van der Waals surface area contributed by atoms with E-state index in [1.165, 1.54) is 0 Å². The van der Waals surface area contributed by atoms with Crippen molar-refractivity contribution in [2.75, 3.05) is 39.9 Å². The van der Waals surface area contributed by atoms with Crippen LogP contribution in [0.5, 0.6) is 11.5 Å². The number of carbonyl (C=O) groups excluding carboxylic acids is 1. The zero-order chi connectivity index (χ0) is 21.2. The van der Waals surface area contributed by atoms with Crippen molar-refractivity contribution in [1.29, 1.82) is 0 Å². The minimum absolute atomic E-state index is 0.0368. The van der Waals surface area contributed by atoms with E-state index in [0.29, 0.717) is 12.4 Å². The van der Waals surface area contributed by atoms with Crippen LogP contribution in [0.15, 0.2) is 48.7 Å². The summed E-state index contributed by atoms with van der Waals surface area (Å²) in [6.45, 7) is 6.79. The van der Waals surface area contributed by atoms with E-state index < -0.39 is 0 Å². The molecule has 0 bridgehead atoms. The normalized spacial score (nSPS) is 14.8. The van der Waals surface area contributed by atoms with Crippen LogP contribution in [-0.2, 0) is 11.3 Å². The Balaban J connectivity index is 1.51. The lowest BCUT2D eigenvalue weighted by atomic mass is 10.1. The summed E-state index contributed by atoms with van der Waals surface area (Å²) in [5.41, 5.74) is 1.98. The number of hydrogen-bond acceptors (Lipinski definition) is 5. The Morgan fingerprint density at radius 1 is 1.13 bits per heavy atom. The summed E-state index contributed by atoms with van der Waals surface area (Å²) in [5, 5.41) is 0. The monoisotopic (exact) mass is 409 g/mol. The van der Waals surface area contributed by atoms with E-state index >= 15 is 0 Å². The molecule has 2 heterocycles. The zero-order valence-electron chi connectivity index (χ0n) is 17.9. The Morgan fingerprint density at radius 3 is 2.67 bits per heavy atom. The van der Waals surface area contributed by atoms with E-state index in [9.17, 15) is 4.79 Å². The Bertz CT molecular complexity index is 831. The van der Waals surface area contributed by atoms with E-state index in [0.717, 1.165) is 62.6 Å². The number of pyridine rings is 1. The maximum atomic E-state index is 12.6. The highest BCUT2D eigenvalue weighted by Gasteiger charge is 2.19. The number of nitrogens with zero attached hydrogens (tertiary/aromatic N) is 3. The number of hydrogen-bond donors (Lipinski definition) is 0. The standard InChI is InChI=1S/C24H31N3O3/c1-3-4-17-30-22-10-8-20(18-23(22)29-2)9-11-24(28)27-15-13-26(14-16-27)19-21-7-5-6-12-25-21/h5-12,18H,3-4,13-17,19H2,1-2H3/b11-9+. The van der Waals surface area contributed by atoms with Crippen LogP contribution < -0.4 is 9.47 Å². The first-order valence-electron chi connectivity index (χ1n) is 10.6. The summed E-state index contributed by atoms with van der Waals surface area (Å²) in [4.78, 5) is 21.2. The van der Waals surface area contributed by atoms with Gasteiger partial charge in [-0.05, 0) is 42.3 Å².